The Morgan fingerprint density at radius 3 is 2.47 bits per heavy atom. The van der Waals surface area contributed by atoms with E-state index in [9.17, 15) is 9.59 Å². The Labute approximate surface area is 207 Å². The molecule has 0 atom stereocenters. The fourth-order valence-corrected chi connectivity index (χ4v) is 3.42. The quantitative estimate of drug-likeness (QED) is 0.228. The van der Waals surface area contributed by atoms with E-state index < -0.39 is 11.8 Å². The molecule has 0 bridgehead atoms. The van der Waals surface area contributed by atoms with E-state index in [1.54, 1.807) is 18.2 Å². The molecule has 2 amide bonds. The molecule has 9 nitrogen and oxygen atoms in total. The Balaban J connectivity index is 1.94. The highest BCUT2D eigenvalue weighted by Gasteiger charge is 2.13. The van der Waals surface area contributed by atoms with Crippen molar-refractivity contribution < 1.29 is 28.5 Å². The van der Waals surface area contributed by atoms with Crippen molar-refractivity contribution in [2.24, 2.45) is 5.10 Å². The lowest BCUT2D eigenvalue weighted by Crippen LogP contribution is -2.34. The largest absolute Gasteiger partial charge is 0.493 e. The second-order valence-electron chi connectivity index (χ2n) is 7.01. The SMILES string of the molecule is CCCCOc1c(Br)cc(/C=N/NC(=O)CNC(=O)c2ccc(OC)c(OC)c2)cc1OCC. The number of nitrogens with one attached hydrogen (secondary N) is 2. The van der Waals surface area contributed by atoms with E-state index >= 15 is 0 Å². The molecule has 0 saturated heterocycles. The first-order chi connectivity index (χ1) is 16.4. The van der Waals surface area contributed by atoms with Crippen molar-refractivity contribution in [2.45, 2.75) is 26.7 Å². The zero-order valence-corrected chi connectivity index (χ0v) is 21.4. The van der Waals surface area contributed by atoms with Crippen LogP contribution in [0.15, 0.2) is 39.9 Å². The summed E-state index contributed by atoms with van der Waals surface area (Å²) in [5.74, 6) is 1.24. The Kier molecular flexibility index (Phi) is 11.2. The molecule has 0 saturated carbocycles. The first-order valence-electron chi connectivity index (χ1n) is 10.8. The molecule has 0 spiro atoms. The van der Waals surface area contributed by atoms with Crippen molar-refractivity contribution in [1.29, 1.82) is 0 Å². The van der Waals surface area contributed by atoms with Gasteiger partial charge in [-0.25, -0.2) is 5.43 Å². The first-order valence-corrected chi connectivity index (χ1v) is 11.6. The summed E-state index contributed by atoms with van der Waals surface area (Å²) < 4.78 is 22.6. The minimum Gasteiger partial charge on any atom is -0.493 e. The van der Waals surface area contributed by atoms with Crippen molar-refractivity contribution in [3.8, 4) is 23.0 Å². The average molecular weight is 536 g/mol. The Hall–Kier alpha value is -3.27. The molecule has 2 N–H and O–H groups in total. The topological polar surface area (TPSA) is 107 Å². The maximum absolute atomic E-state index is 12.3. The monoisotopic (exact) mass is 535 g/mol. The van der Waals surface area contributed by atoms with Crippen LogP contribution in [0.1, 0.15) is 42.6 Å². The third kappa shape index (κ3) is 7.95. The number of ether oxygens (including phenoxy) is 4. The highest BCUT2D eigenvalue weighted by molar-refractivity contribution is 9.10. The van der Waals surface area contributed by atoms with Crippen LogP contribution in [-0.4, -0.2) is 52.0 Å². The van der Waals surface area contributed by atoms with Gasteiger partial charge in [0, 0.05) is 5.56 Å². The van der Waals surface area contributed by atoms with E-state index in [4.69, 9.17) is 18.9 Å². The third-order valence-corrected chi connectivity index (χ3v) is 5.12. The predicted molar refractivity (Wildman–Crippen MR) is 133 cm³/mol. The van der Waals surface area contributed by atoms with Gasteiger partial charge >= 0.3 is 0 Å². The van der Waals surface area contributed by atoms with Crippen LogP contribution >= 0.6 is 15.9 Å². The van der Waals surface area contributed by atoms with Crippen LogP contribution in [0.4, 0.5) is 0 Å². The van der Waals surface area contributed by atoms with Crippen molar-refractivity contribution in [2.75, 3.05) is 34.0 Å². The summed E-state index contributed by atoms with van der Waals surface area (Å²) in [6.45, 7) is 4.81. The maximum Gasteiger partial charge on any atom is 0.259 e. The minimum absolute atomic E-state index is 0.247. The summed E-state index contributed by atoms with van der Waals surface area (Å²) in [7, 11) is 2.99. The highest BCUT2D eigenvalue weighted by atomic mass is 79.9. The van der Waals surface area contributed by atoms with Gasteiger partial charge in [0.2, 0.25) is 0 Å². The molecule has 0 aliphatic carbocycles. The molecule has 0 radical (unpaired) electrons. The summed E-state index contributed by atoms with van der Waals surface area (Å²) >= 11 is 3.50. The first kappa shape index (κ1) is 27.0. The average Bonchev–Trinajstić information content (AvgIpc) is 2.83. The number of hydrogen-bond donors (Lipinski definition) is 2. The molecule has 2 aromatic rings. The fraction of sp³-hybridized carbons (Fsp3) is 0.375. The highest BCUT2D eigenvalue weighted by Crippen LogP contribution is 2.36. The molecule has 2 rings (SSSR count). The second kappa shape index (κ2) is 14.1. The molecular weight excluding hydrogens is 506 g/mol. The van der Waals surface area contributed by atoms with E-state index in [0.717, 1.165) is 17.3 Å². The number of nitrogens with zero attached hydrogens (tertiary/aromatic N) is 1. The number of hydrogen-bond acceptors (Lipinski definition) is 7. The van der Waals surface area contributed by atoms with Crippen molar-refractivity contribution in [3.63, 3.8) is 0 Å². The third-order valence-electron chi connectivity index (χ3n) is 4.53. The molecule has 0 unspecified atom stereocenters. The molecular formula is C24H30BrN3O6. The Morgan fingerprint density at radius 2 is 1.79 bits per heavy atom. The summed E-state index contributed by atoms with van der Waals surface area (Å²) in [6.07, 6.45) is 3.45. The van der Waals surface area contributed by atoms with E-state index in [1.807, 2.05) is 13.0 Å². The predicted octanol–water partition coefficient (Wildman–Crippen LogP) is 3.92. The van der Waals surface area contributed by atoms with Crippen LogP contribution in [0.5, 0.6) is 23.0 Å². The summed E-state index contributed by atoms with van der Waals surface area (Å²) in [5.41, 5.74) is 3.43. The van der Waals surface area contributed by atoms with Gasteiger partial charge in [-0.3, -0.25) is 9.59 Å². The van der Waals surface area contributed by atoms with Gasteiger partial charge in [0.15, 0.2) is 23.0 Å². The summed E-state index contributed by atoms with van der Waals surface area (Å²) in [6, 6.07) is 8.33. The molecule has 184 valence electrons. The molecule has 0 fully saturated rings. The number of halogens is 1. The standard InChI is InChI=1S/C24H30BrN3O6/c1-5-7-10-34-23-18(25)11-16(12-21(23)33-6-2)14-27-28-22(29)15-26-24(30)17-8-9-19(31-3)20(13-17)32-4/h8-9,11-14H,5-7,10,15H2,1-4H3,(H,26,30)(H,28,29)/b27-14+. The van der Waals surface area contributed by atoms with Gasteiger partial charge in [-0.2, -0.15) is 5.10 Å². The van der Waals surface area contributed by atoms with Gasteiger partial charge in [0.05, 0.1) is 44.7 Å². The molecule has 2 aromatic carbocycles. The van der Waals surface area contributed by atoms with Gasteiger partial charge in [0.1, 0.15) is 0 Å². The normalized spacial score (nSPS) is 10.6. The summed E-state index contributed by atoms with van der Waals surface area (Å²) in [4.78, 5) is 24.4. The van der Waals surface area contributed by atoms with Crippen LogP contribution < -0.4 is 29.7 Å². The smallest absolute Gasteiger partial charge is 0.259 e. The van der Waals surface area contributed by atoms with Crippen LogP contribution in [0.3, 0.4) is 0 Å². The van der Waals surface area contributed by atoms with E-state index in [1.165, 1.54) is 26.5 Å². The molecule has 34 heavy (non-hydrogen) atoms. The second-order valence-corrected chi connectivity index (χ2v) is 7.86. The van der Waals surface area contributed by atoms with E-state index in [0.29, 0.717) is 47.3 Å². The number of benzene rings is 2. The van der Waals surface area contributed by atoms with Crippen LogP contribution in [-0.2, 0) is 4.79 Å². The Morgan fingerprint density at radius 1 is 1.03 bits per heavy atom. The van der Waals surface area contributed by atoms with Gasteiger partial charge in [-0.1, -0.05) is 13.3 Å². The summed E-state index contributed by atoms with van der Waals surface area (Å²) in [5, 5.41) is 6.50. The lowest BCUT2D eigenvalue weighted by atomic mass is 10.2. The van der Waals surface area contributed by atoms with Crippen LogP contribution in [0, 0.1) is 0 Å². The van der Waals surface area contributed by atoms with Crippen molar-refractivity contribution in [1.82, 2.24) is 10.7 Å². The van der Waals surface area contributed by atoms with Gasteiger partial charge in [0.25, 0.3) is 11.8 Å². The van der Waals surface area contributed by atoms with Gasteiger partial charge in [-0.05, 0) is 65.2 Å². The number of carbonyl (C=O) groups excluding carboxylic acids is 2. The fourth-order valence-electron chi connectivity index (χ4n) is 2.84. The minimum atomic E-state index is -0.478. The van der Waals surface area contributed by atoms with E-state index in [2.05, 4.69) is 38.7 Å². The zero-order valence-electron chi connectivity index (χ0n) is 19.8. The van der Waals surface area contributed by atoms with E-state index in [-0.39, 0.29) is 6.54 Å². The van der Waals surface area contributed by atoms with Gasteiger partial charge in [-0.15, -0.1) is 0 Å². The lowest BCUT2D eigenvalue weighted by molar-refractivity contribution is -0.120. The molecule has 10 heteroatoms. The zero-order chi connectivity index (χ0) is 24.9. The lowest BCUT2D eigenvalue weighted by Gasteiger charge is -2.14. The van der Waals surface area contributed by atoms with Crippen LogP contribution in [0.2, 0.25) is 0 Å². The number of hydrazone groups is 1. The Bertz CT molecular complexity index is 1010. The number of carbonyl (C=O) groups is 2. The van der Waals surface area contributed by atoms with Crippen molar-refractivity contribution in [3.05, 3.63) is 45.9 Å². The molecule has 0 heterocycles. The maximum atomic E-state index is 12.3. The molecule has 0 aliphatic rings. The number of methoxy groups -OCH3 is 2. The van der Waals surface area contributed by atoms with Gasteiger partial charge < -0.3 is 24.3 Å². The number of amides is 2. The molecule has 0 aromatic heterocycles. The van der Waals surface area contributed by atoms with Crippen molar-refractivity contribution >= 4 is 34.0 Å². The molecule has 0 aliphatic heterocycles. The number of unbranched alkanes of at least 4 members (excludes halogenated alkanes) is 1. The number of rotatable bonds is 13. The van der Waals surface area contributed by atoms with Crippen LogP contribution in [0.25, 0.3) is 0 Å².